The van der Waals surface area contributed by atoms with Gasteiger partial charge in [-0.15, -0.1) is 22.7 Å². The molecule has 0 amide bonds. The molecule has 120 heavy (non-hydrogen) atoms. The van der Waals surface area contributed by atoms with Gasteiger partial charge in [-0.3, -0.25) is 0 Å². The Bertz CT molecular complexity index is 6020. The maximum atomic E-state index is 5.43. The lowest BCUT2D eigenvalue weighted by atomic mass is 9.89. The first-order valence-electron chi connectivity index (χ1n) is 41.9. The fourth-order valence-corrected chi connectivity index (χ4v) is 18.5. The number of furan rings is 2. The predicted octanol–water partition coefficient (Wildman–Crippen LogP) is 29.2. The second-order valence-electron chi connectivity index (χ2n) is 31.1. The first-order chi connectivity index (χ1) is 59.3. The number of thiophene rings is 2. The molecule has 0 N–H and O–H groups in total. The normalized spacial score (nSPS) is 14.2. The van der Waals surface area contributed by atoms with E-state index in [-0.39, 0.29) is 0 Å². The van der Waals surface area contributed by atoms with Crippen LogP contribution in [0.3, 0.4) is 0 Å². The molecule has 0 fully saturated rings. The maximum absolute atomic E-state index is 5.43. The highest BCUT2D eigenvalue weighted by molar-refractivity contribution is 7.11. The Kier molecular flexibility index (Phi) is 25.6. The lowest BCUT2D eigenvalue weighted by Gasteiger charge is -2.16. The Morgan fingerprint density at radius 3 is 1.11 bits per heavy atom. The van der Waals surface area contributed by atoms with Gasteiger partial charge in [0, 0.05) is 66.0 Å². The second kappa shape index (κ2) is 38.8. The number of hydrogen-bond donors (Lipinski definition) is 0. The molecule has 7 heterocycles. The molecule has 6 nitrogen and oxygen atoms in total. The lowest BCUT2D eigenvalue weighted by Crippen LogP contribution is -2.00. The van der Waals surface area contributed by atoms with Crippen LogP contribution >= 0.6 is 22.7 Å². The molecule has 0 aliphatic heterocycles. The van der Waals surface area contributed by atoms with Crippen molar-refractivity contribution in [2.45, 2.75) is 83.5 Å². The summed E-state index contributed by atoms with van der Waals surface area (Å²) in [5, 5.41) is 4.36. The van der Waals surface area contributed by atoms with Crippen LogP contribution in [0.4, 0.5) is 0 Å². The Balaban J connectivity index is 0.0000000979. The molecule has 0 saturated carbocycles. The third-order valence-electron chi connectivity index (χ3n) is 23.3. The quantitative estimate of drug-likeness (QED) is 0.152. The van der Waals surface area contributed by atoms with Gasteiger partial charge in [0.15, 0.2) is 12.2 Å². The number of fused-ring (bicyclic) bond motifs is 8. The highest BCUT2D eigenvalue weighted by Crippen LogP contribution is 2.40. The van der Waals surface area contributed by atoms with E-state index in [1.807, 2.05) is 46.9 Å². The van der Waals surface area contributed by atoms with Crippen LogP contribution in [0.5, 0.6) is 0 Å². The standard InChI is InChI=1S/C16H14.C15H15N.C14H13N.C14H12O.C14H12S.C13H11NO.C13H10O.C13H10S/c1-2-6-13(7-3-1)16-11-10-14-8-4-5-9-15(14)12-16;1-16-10-9-13-7-8-14(11-15(13)16)12-5-3-2-4-6-12;1-15-8-7-12-9-13(10-14(12)15)11-5-3-2-4-6-11;2*1-2-4-11(5-3-1)13-7-6-12-8-9-15-14(12)10-13;1-2-4-10(5-3-1)11-6-7-12-13(8-11)15-9-14-12;2*1-2-4-10(5-3-1)12-8-11-6-7-14-13(11)9-12/h1-9,12H,10-11H2;2-6,9-11H,7-8H2,1H3;2-8,10H,9H2,1H3;2*1-5,8-10H,6-7H2;1-5,8-9H,6-7H2;2*1-7,9H,8H2. The van der Waals surface area contributed by atoms with Crippen LogP contribution in [0.25, 0.3) is 93.2 Å². The number of oxazole rings is 1. The van der Waals surface area contributed by atoms with Crippen LogP contribution < -0.4 is 0 Å². The number of aromatic nitrogens is 3. The van der Waals surface area contributed by atoms with Crippen LogP contribution in [0.15, 0.2) is 359 Å². The minimum Gasteiger partial charge on any atom is -0.465 e. The average molecular weight is 1600 g/mol. The SMILES string of the molecule is C1=C(c2ccccc2)CCc2ccccc21.C1=C(c2ccccc2)CCc2ccoc21.C1=C(c2ccccc2)CCc2ccsc21.C1=C(c2ccccc2)CCc2ncoc21.C1=C(c2ccccc2)Cc2ccoc21.C1=C(c2ccccc2)Cc2ccsc21.Cn1ccc2c1C=C(c1ccccc1)C2.Cn1ccc2c1C=C(c1ccccc1)CC2. The van der Waals surface area contributed by atoms with E-state index in [9.17, 15) is 0 Å². The van der Waals surface area contributed by atoms with Crippen molar-refractivity contribution >= 4 is 116 Å². The largest absolute Gasteiger partial charge is 0.465 e. The molecule has 0 bridgehead atoms. The summed E-state index contributed by atoms with van der Waals surface area (Å²) >= 11 is 3.68. The summed E-state index contributed by atoms with van der Waals surface area (Å²) in [5.74, 6) is 2.96. The minimum atomic E-state index is 0.917. The second-order valence-corrected chi connectivity index (χ2v) is 33.0. The molecule has 0 spiro atoms. The van der Waals surface area contributed by atoms with Crippen molar-refractivity contribution in [2.24, 2.45) is 14.1 Å². The highest BCUT2D eigenvalue weighted by atomic mass is 32.1. The minimum absolute atomic E-state index is 0.917. The highest BCUT2D eigenvalue weighted by Gasteiger charge is 2.22. The van der Waals surface area contributed by atoms with Gasteiger partial charge < -0.3 is 22.4 Å². The summed E-state index contributed by atoms with van der Waals surface area (Å²) in [6.07, 6.45) is 41.7. The fraction of sp³-hybridized carbons (Fsp3) is 0.134. The van der Waals surface area contributed by atoms with Crippen molar-refractivity contribution in [1.29, 1.82) is 0 Å². The summed E-state index contributed by atoms with van der Waals surface area (Å²) in [6.45, 7) is 0. The van der Waals surface area contributed by atoms with Crippen molar-refractivity contribution in [3.63, 3.8) is 0 Å². The molecular formula is C112H97N3O3S2. The van der Waals surface area contributed by atoms with E-state index >= 15 is 0 Å². The first kappa shape index (κ1) is 79.1. The van der Waals surface area contributed by atoms with Crippen LogP contribution in [0, 0.1) is 0 Å². The molecule has 8 heteroatoms. The molecule has 9 aromatic carbocycles. The van der Waals surface area contributed by atoms with Crippen molar-refractivity contribution < 1.29 is 13.3 Å². The molecular weight excluding hydrogens is 1500 g/mol. The molecule has 0 radical (unpaired) electrons. The van der Waals surface area contributed by atoms with Gasteiger partial charge in [0.25, 0.3) is 0 Å². The summed E-state index contributed by atoms with van der Waals surface area (Å²) in [6, 6.07) is 106. The molecule has 590 valence electrons. The number of allylic oxidation sites excluding steroid dienone is 8. The maximum Gasteiger partial charge on any atom is 0.181 e. The summed E-state index contributed by atoms with van der Waals surface area (Å²) in [5.41, 5.74) is 37.2. The van der Waals surface area contributed by atoms with Crippen molar-refractivity contribution in [2.75, 3.05) is 0 Å². The van der Waals surface area contributed by atoms with E-state index in [1.165, 1.54) is 174 Å². The van der Waals surface area contributed by atoms with Gasteiger partial charge in [-0.05, 0) is 288 Å². The van der Waals surface area contributed by atoms with Crippen LogP contribution in [0.1, 0.15) is 165 Å². The number of hydrogen-bond acceptors (Lipinski definition) is 6. The zero-order chi connectivity index (χ0) is 81.0. The van der Waals surface area contributed by atoms with Gasteiger partial charge >= 0.3 is 0 Å². The average Bonchev–Trinajstić information content (AvgIpc) is 1.68. The Labute approximate surface area is 714 Å². The van der Waals surface area contributed by atoms with E-state index < -0.39 is 0 Å². The smallest absolute Gasteiger partial charge is 0.181 e. The molecule has 16 aromatic rings. The molecule has 0 unspecified atom stereocenters. The zero-order valence-electron chi connectivity index (χ0n) is 68.1. The summed E-state index contributed by atoms with van der Waals surface area (Å²) in [7, 11) is 4.21. The van der Waals surface area contributed by atoms with Crippen LogP contribution in [0.2, 0.25) is 0 Å². The van der Waals surface area contributed by atoms with Gasteiger partial charge in [-0.25, -0.2) is 4.98 Å². The predicted molar refractivity (Wildman–Crippen MR) is 507 cm³/mol. The molecule has 7 aromatic heterocycles. The summed E-state index contributed by atoms with van der Waals surface area (Å²) in [4.78, 5) is 7.05. The van der Waals surface area contributed by atoms with Gasteiger partial charge in [-0.2, -0.15) is 0 Å². The van der Waals surface area contributed by atoms with Crippen LogP contribution in [-0.4, -0.2) is 14.1 Å². The Morgan fingerprint density at radius 2 is 0.592 bits per heavy atom. The Morgan fingerprint density at radius 1 is 0.250 bits per heavy atom. The van der Waals surface area contributed by atoms with E-state index in [4.69, 9.17) is 13.3 Å². The van der Waals surface area contributed by atoms with E-state index in [0.717, 1.165) is 93.6 Å². The monoisotopic (exact) mass is 1600 g/mol. The van der Waals surface area contributed by atoms with E-state index in [1.54, 1.807) is 12.5 Å². The first-order valence-corrected chi connectivity index (χ1v) is 43.7. The van der Waals surface area contributed by atoms with Gasteiger partial charge in [0.05, 0.1) is 18.2 Å². The van der Waals surface area contributed by atoms with Crippen molar-refractivity contribution in [3.8, 4) is 0 Å². The number of rotatable bonds is 8. The van der Waals surface area contributed by atoms with Crippen molar-refractivity contribution in [1.82, 2.24) is 14.1 Å². The molecule has 0 saturated heterocycles. The van der Waals surface area contributed by atoms with Crippen LogP contribution in [-0.2, 0) is 65.5 Å². The number of aryl methyl sites for hydroxylation is 7. The van der Waals surface area contributed by atoms with Gasteiger partial charge in [-0.1, -0.05) is 273 Å². The lowest BCUT2D eigenvalue weighted by molar-refractivity contribution is 0.545. The van der Waals surface area contributed by atoms with E-state index in [2.05, 4.69) is 379 Å². The van der Waals surface area contributed by atoms with E-state index in [0.29, 0.717) is 0 Å². The molecule has 8 aliphatic rings. The summed E-state index contributed by atoms with van der Waals surface area (Å²) < 4.78 is 20.5. The zero-order valence-corrected chi connectivity index (χ0v) is 69.7. The molecule has 24 rings (SSSR count). The topological polar surface area (TPSA) is 62.2 Å². The van der Waals surface area contributed by atoms with Gasteiger partial charge in [0.2, 0.25) is 0 Å². The molecule has 0 atom stereocenters. The van der Waals surface area contributed by atoms with Gasteiger partial charge in [0.1, 0.15) is 11.5 Å². The molecule has 8 aliphatic carbocycles. The third-order valence-corrected chi connectivity index (χ3v) is 25.1. The number of benzene rings is 9. The van der Waals surface area contributed by atoms with Crippen molar-refractivity contribution in [3.05, 3.63) is 479 Å². The third kappa shape index (κ3) is 19.7. The number of nitrogens with zero attached hydrogens (tertiary/aromatic N) is 3. The Hall–Kier alpha value is -13.4. The fourth-order valence-electron chi connectivity index (χ4n) is 16.7.